The molecule has 8 nitrogen and oxygen atoms in total. The summed E-state index contributed by atoms with van der Waals surface area (Å²) in [7, 11) is -3.64. The Kier molecular flexibility index (Phi) is 6.55. The molecular formula is C26H32N4O4S. The normalized spacial score (nSPS) is 21.7. The van der Waals surface area contributed by atoms with E-state index in [0.717, 1.165) is 44.8 Å². The average molecular weight is 497 g/mol. The van der Waals surface area contributed by atoms with Crippen LogP contribution in [0.5, 0.6) is 5.75 Å². The number of ether oxygens (including phenoxy) is 1. The summed E-state index contributed by atoms with van der Waals surface area (Å²) in [6, 6.07) is 12.5. The lowest BCUT2D eigenvalue weighted by molar-refractivity contribution is -0.135. The average Bonchev–Trinajstić information content (AvgIpc) is 3.43. The minimum atomic E-state index is -3.64. The molecule has 2 aromatic carbocycles. The van der Waals surface area contributed by atoms with Crippen molar-refractivity contribution in [3.05, 3.63) is 59.2 Å². The maximum Gasteiger partial charge on any atom is 0.263 e. The van der Waals surface area contributed by atoms with Gasteiger partial charge in [-0.25, -0.2) is 8.42 Å². The van der Waals surface area contributed by atoms with Gasteiger partial charge in [-0.3, -0.25) is 19.4 Å². The van der Waals surface area contributed by atoms with Crippen LogP contribution in [0.2, 0.25) is 0 Å². The van der Waals surface area contributed by atoms with Crippen molar-refractivity contribution in [3.8, 4) is 5.75 Å². The molecule has 0 radical (unpaired) electrons. The minimum absolute atomic E-state index is 0.0149. The van der Waals surface area contributed by atoms with E-state index >= 15 is 0 Å². The van der Waals surface area contributed by atoms with Gasteiger partial charge in [-0.15, -0.1) is 0 Å². The molecule has 3 heterocycles. The largest absolute Gasteiger partial charge is 0.493 e. The SMILES string of the molecule is CCC(C)C(N=C1NS(=O)(=O)c2ccccc21)C(=O)N1CCN(Cc2ccc3c(c2)CCO3)CC1. The third-order valence-electron chi connectivity index (χ3n) is 7.21. The van der Waals surface area contributed by atoms with Crippen molar-refractivity contribution >= 4 is 21.8 Å². The van der Waals surface area contributed by atoms with Gasteiger partial charge in [0, 0.05) is 44.7 Å². The van der Waals surface area contributed by atoms with Crippen LogP contribution in [0.25, 0.3) is 0 Å². The first-order chi connectivity index (χ1) is 16.9. The van der Waals surface area contributed by atoms with E-state index in [1.807, 2.05) is 18.7 Å². The molecule has 1 saturated heterocycles. The zero-order valence-electron chi connectivity index (χ0n) is 20.2. The van der Waals surface area contributed by atoms with Gasteiger partial charge in [0.2, 0.25) is 5.91 Å². The summed E-state index contributed by atoms with van der Waals surface area (Å²) in [5.74, 6) is 1.20. The summed E-state index contributed by atoms with van der Waals surface area (Å²) in [5.41, 5.74) is 3.07. The van der Waals surface area contributed by atoms with Gasteiger partial charge >= 0.3 is 0 Å². The first-order valence-corrected chi connectivity index (χ1v) is 13.8. The number of sulfonamides is 1. The van der Waals surface area contributed by atoms with Crippen LogP contribution in [-0.4, -0.2) is 68.8 Å². The Morgan fingerprint density at radius 3 is 2.69 bits per heavy atom. The fourth-order valence-corrected chi connectivity index (χ4v) is 6.17. The van der Waals surface area contributed by atoms with Crippen LogP contribution in [0.4, 0.5) is 0 Å². The Bertz CT molecular complexity index is 1250. The van der Waals surface area contributed by atoms with Crippen molar-refractivity contribution in [2.75, 3.05) is 32.8 Å². The molecule has 0 aromatic heterocycles. The molecule has 2 atom stereocenters. The third-order valence-corrected chi connectivity index (χ3v) is 8.61. The highest BCUT2D eigenvalue weighted by Gasteiger charge is 2.35. The minimum Gasteiger partial charge on any atom is -0.493 e. The molecule has 5 rings (SSSR count). The molecular weight excluding hydrogens is 464 g/mol. The predicted molar refractivity (Wildman–Crippen MR) is 134 cm³/mol. The van der Waals surface area contributed by atoms with E-state index in [0.29, 0.717) is 18.7 Å². The number of hydrogen-bond donors (Lipinski definition) is 1. The molecule has 0 saturated carbocycles. The molecule has 1 amide bonds. The van der Waals surface area contributed by atoms with Crippen LogP contribution in [0.3, 0.4) is 0 Å². The van der Waals surface area contributed by atoms with Gasteiger partial charge in [0.15, 0.2) is 0 Å². The second-order valence-corrected chi connectivity index (χ2v) is 11.2. The number of carbonyl (C=O) groups excluding carboxylic acids is 1. The van der Waals surface area contributed by atoms with Crippen molar-refractivity contribution in [1.29, 1.82) is 0 Å². The van der Waals surface area contributed by atoms with Crippen LogP contribution >= 0.6 is 0 Å². The first-order valence-electron chi connectivity index (χ1n) is 12.3. The van der Waals surface area contributed by atoms with Crippen molar-refractivity contribution in [3.63, 3.8) is 0 Å². The number of aliphatic imine (C=N–C) groups is 1. The van der Waals surface area contributed by atoms with Crippen LogP contribution in [-0.2, 0) is 27.8 Å². The van der Waals surface area contributed by atoms with Gasteiger partial charge in [0.1, 0.15) is 17.6 Å². The maximum atomic E-state index is 13.6. The van der Waals surface area contributed by atoms with Gasteiger partial charge < -0.3 is 9.64 Å². The molecule has 1 N–H and O–H groups in total. The van der Waals surface area contributed by atoms with Gasteiger partial charge in [-0.1, -0.05) is 44.5 Å². The van der Waals surface area contributed by atoms with E-state index in [1.165, 1.54) is 11.1 Å². The van der Waals surface area contributed by atoms with Gasteiger partial charge in [-0.2, -0.15) is 0 Å². The van der Waals surface area contributed by atoms with Crippen molar-refractivity contribution in [2.45, 2.75) is 44.2 Å². The number of piperazine rings is 1. The standard InChI is InChI=1S/C26H32N4O4S/c1-3-18(2)24(27-25-21-6-4-5-7-23(21)35(32,33)28-25)26(31)30-13-11-29(12-14-30)17-19-8-9-22-20(16-19)10-15-34-22/h4-9,16,18,24H,3,10-15,17H2,1-2H3,(H,27,28). The lowest BCUT2D eigenvalue weighted by Crippen LogP contribution is -2.52. The fourth-order valence-electron chi connectivity index (χ4n) is 4.93. The number of amides is 1. The van der Waals surface area contributed by atoms with E-state index < -0.39 is 16.1 Å². The number of nitrogens with one attached hydrogen (secondary N) is 1. The number of hydrogen-bond acceptors (Lipinski definition) is 6. The molecule has 0 spiro atoms. The highest BCUT2D eigenvalue weighted by molar-refractivity contribution is 7.90. The first kappa shape index (κ1) is 23.8. The smallest absolute Gasteiger partial charge is 0.263 e. The fraction of sp³-hybridized carbons (Fsp3) is 0.462. The second kappa shape index (κ2) is 9.62. The number of nitrogens with zero attached hydrogens (tertiary/aromatic N) is 3. The van der Waals surface area contributed by atoms with E-state index in [1.54, 1.807) is 24.3 Å². The molecule has 0 aliphatic carbocycles. The predicted octanol–water partition coefficient (Wildman–Crippen LogP) is 2.42. The Balaban J connectivity index is 1.27. The number of carbonyl (C=O) groups is 1. The van der Waals surface area contributed by atoms with E-state index in [9.17, 15) is 13.2 Å². The van der Waals surface area contributed by atoms with E-state index in [2.05, 4.69) is 32.8 Å². The highest BCUT2D eigenvalue weighted by atomic mass is 32.2. The van der Waals surface area contributed by atoms with Crippen molar-refractivity contribution in [1.82, 2.24) is 14.5 Å². The van der Waals surface area contributed by atoms with Crippen LogP contribution in [0.15, 0.2) is 52.4 Å². The van der Waals surface area contributed by atoms with Crippen molar-refractivity contribution in [2.24, 2.45) is 10.9 Å². The molecule has 0 bridgehead atoms. The number of rotatable bonds is 6. The van der Waals surface area contributed by atoms with Crippen LogP contribution in [0, 0.1) is 5.92 Å². The zero-order valence-corrected chi connectivity index (χ0v) is 21.1. The summed E-state index contributed by atoms with van der Waals surface area (Å²) in [5, 5.41) is 0. The monoisotopic (exact) mass is 496 g/mol. The number of benzene rings is 2. The highest BCUT2D eigenvalue weighted by Crippen LogP contribution is 2.27. The van der Waals surface area contributed by atoms with Gasteiger partial charge in [-0.05, 0) is 35.2 Å². The van der Waals surface area contributed by atoms with E-state index in [-0.39, 0.29) is 22.6 Å². The molecule has 3 aliphatic rings. The topological polar surface area (TPSA) is 91.3 Å². The Morgan fingerprint density at radius 2 is 1.91 bits per heavy atom. The summed E-state index contributed by atoms with van der Waals surface area (Å²) < 4.78 is 33.2. The molecule has 3 aliphatic heterocycles. The van der Waals surface area contributed by atoms with Crippen molar-refractivity contribution < 1.29 is 17.9 Å². The molecule has 186 valence electrons. The Morgan fingerprint density at radius 1 is 1.14 bits per heavy atom. The summed E-state index contributed by atoms with van der Waals surface area (Å²) in [4.78, 5) is 22.7. The summed E-state index contributed by atoms with van der Waals surface area (Å²) >= 11 is 0. The van der Waals surface area contributed by atoms with Gasteiger partial charge in [0.25, 0.3) is 10.0 Å². The number of fused-ring (bicyclic) bond motifs is 2. The molecule has 2 unspecified atom stereocenters. The Hall–Kier alpha value is -2.91. The molecule has 35 heavy (non-hydrogen) atoms. The molecule has 9 heteroatoms. The number of amidine groups is 1. The summed E-state index contributed by atoms with van der Waals surface area (Å²) in [6.07, 6.45) is 1.73. The molecule has 2 aromatic rings. The van der Waals surface area contributed by atoms with E-state index in [4.69, 9.17) is 4.74 Å². The second-order valence-electron chi connectivity index (χ2n) is 9.55. The van der Waals surface area contributed by atoms with Gasteiger partial charge in [0.05, 0.1) is 11.5 Å². The lowest BCUT2D eigenvalue weighted by Gasteiger charge is -2.36. The maximum absolute atomic E-state index is 13.6. The third kappa shape index (κ3) is 4.79. The summed E-state index contributed by atoms with van der Waals surface area (Å²) in [6.45, 7) is 8.48. The zero-order chi connectivity index (χ0) is 24.6. The molecule has 1 fully saturated rings. The lowest BCUT2D eigenvalue weighted by atomic mass is 9.97. The van der Waals surface area contributed by atoms with Crippen LogP contribution in [0.1, 0.15) is 37.0 Å². The quantitative estimate of drug-likeness (QED) is 0.663. The Labute approximate surface area is 207 Å². The van der Waals surface area contributed by atoms with Crippen LogP contribution < -0.4 is 9.46 Å².